The molecular formula is C52H37BN2O2. The zero-order valence-electron chi connectivity index (χ0n) is 31.7. The Kier molecular flexibility index (Phi) is 7.68. The van der Waals surface area contributed by atoms with Crippen molar-refractivity contribution in [1.82, 2.24) is 0 Å². The topological polar surface area (TPSA) is 32.8 Å². The summed E-state index contributed by atoms with van der Waals surface area (Å²) in [5, 5.41) is 0. The van der Waals surface area contributed by atoms with Gasteiger partial charge in [0.05, 0.1) is 0 Å². The van der Waals surface area contributed by atoms with Crippen LogP contribution in [0.1, 0.15) is 11.5 Å². The summed E-state index contributed by atoms with van der Waals surface area (Å²) in [4.78, 5) is 4.91. The van der Waals surface area contributed by atoms with Crippen molar-refractivity contribution >= 4 is 57.2 Å². The molecule has 2 aliphatic heterocycles. The first-order valence-electron chi connectivity index (χ1n) is 19.5. The van der Waals surface area contributed by atoms with Crippen LogP contribution in [0.4, 0.5) is 34.1 Å². The van der Waals surface area contributed by atoms with E-state index in [-0.39, 0.29) is 6.71 Å². The Morgan fingerprint density at radius 3 is 1.47 bits per heavy atom. The second-order valence-corrected chi connectivity index (χ2v) is 15.0. The van der Waals surface area contributed by atoms with Crippen LogP contribution in [0.3, 0.4) is 0 Å². The zero-order chi connectivity index (χ0) is 38.0. The first kappa shape index (κ1) is 33.1. The molecule has 270 valence electrons. The number of benzene rings is 7. The van der Waals surface area contributed by atoms with Gasteiger partial charge in [-0.3, -0.25) is 0 Å². The molecule has 0 radical (unpaired) electrons. The smallest absolute Gasteiger partial charge is 0.252 e. The zero-order valence-corrected chi connectivity index (χ0v) is 31.7. The molecule has 0 bridgehead atoms. The molecular weight excluding hydrogens is 695 g/mol. The van der Waals surface area contributed by atoms with Crippen molar-refractivity contribution in [3.05, 3.63) is 200 Å². The Morgan fingerprint density at radius 2 is 0.842 bits per heavy atom. The number of furan rings is 2. The second-order valence-electron chi connectivity index (χ2n) is 15.0. The molecule has 0 aliphatic carbocycles. The van der Waals surface area contributed by atoms with Crippen LogP contribution in [-0.2, 0) is 0 Å². The molecule has 0 fully saturated rings. The van der Waals surface area contributed by atoms with E-state index >= 15 is 0 Å². The summed E-state index contributed by atoms with van der Waals surface area (Å²) in [5.74, 6) is 3.60. The third-order valence-corrected chi connectivity index (χ3v) is 11.5. The highest BCUT2D eigenvalue weighted by Gasteiger charge is 2.43. The first-order chi connectivity index (χ1) is 28.1. The second kappa shape index (κ2) is 13.2. The summed E-state index contributed by atoms with van der Waals surface area (Å²) in [6.45, 7) is 4.01. The molecule has 0 unspecified atom stereocenters. The van der Waals surface area contributed by atoms with Crippen molar-refractivity contribution in [2.45, 2.75) is 13.8 Å². The molecule has 4 heterocycles. The van der Waals surface area contributed by atoms with Crippen molar-refractivity contribution in [1.29, 1.82) is 0 Å². The Labute approximate surface area is 333 Å². The summed E-state index contributed by atoms with van der Waals surface area (Å²) in [6.07, 6.45) is 0. The number of aryl methyl sites for hydroxylation is 2. The molecule has 57 heavy (non-hydrogen) atoms. The minimum absolute atomic E-state index is 0.0539. The largest absolute Gasteiger partial charge is 0.461 e. The fraction of sp³-hybridized carbons (Fsp3) is 0.0385. The van der Waals surface area contributed by atoms with Gasteiger partial charge in [-0.15, -0.1) is 0 Å². The van der Waals surface area contributed by atoms with Crippen molar-refractivity contribution in [3.8, 4) is 44.9 Å². The van der Waals surface area contributed by atoms with Crippen LogP contribution in [0.2, 0.25) is 0 Å². The highest BCUT2D eigenvalue weighted by atomic mass is 16.3. The molecule has 0 saturated carbocycles. The molecule has 0 atom stereocenters. The lowest BCUT2D eigenvalue weighted by molar-refractivity contribution is 0.548. The predicted molar refractivity (Wildman–Crippen MR) is 236 cm³/mol. The SMILES string of the molecule is Cc1ccc(-c2ccc(-c3cccc(N4c5ccccc5B5c6ccc(-c7ccc(-c8ccc(C)o8)cc7)cc6N(c6ccccc6)c6cccc4c65)c3)cc2)o1. The maximum atomic E-state index is 5.92. The quantitative estimate of drug-likeness (QED) is 0.159. The maximum Gasteiger partial charge on any atom is 0.252 e. The van der Waals surface area contributed by atoms with E-state index in [0.717, 1.165) is 62.2 Å². The van der Waals surface area contributed by atoms with Gasteiger partial charge in [-0.05, 0) is 125 Å². The van der Waals surface area contributed by atoms with Gasteiger partial charge < -0.3 is 18.6 Å². The molecule has 4 nitrogen and oxygen atoms in total. The minimum Gasteiger partial charge on any atom is -0.461 e. The monoisotopic (exact) mass is 732 g/mol. The number of nitrogens with zero attached hydrogens (tertiary/aromatic N) is 2. The van der Waals surface area contributed by atoms with E-state index in [0.29, 0.717) is 0 Å². The fourth-order valence-corrected chi connectivity index (χ4v) is 8.85. The van der Waals surface area contributed by atoms with E-state index in [4.69, 9.17) is 8.83 Å². The van der Waals surface area contributed by atoms with Crippen LogP contribution in [0, 0.1) is 13.8 Å². The van der Waals surface area contributed by atoms with Gasteiger partial charge in [0.15, 0.2) is 0 Å². The Balaban J connectivity index is 1.04. The van der Waals surface area contributed by atoms with Gasteiger partial charge in [-0.2, -0.15) is 0 Å². The molecule has 9 aromatic rings. The van der Waals surface area contributed by atoms with Gasteiger partial charge in [0.1, 0.15) is 23.0 Å². The van der Waals surface area contributed by atoms with E-state index in [1.807, 2.05) is 38.1 Å². The van der Waals surface area contributed by atoms with Crippen LogP contribution in [0.25, 0.3) is 44.9 Å². The number of hydrogen-bond donors (Lipinski definition) is 0. The standard InChI is InChI=1S/C52H37BN2O2/c1-34-18-30-50(56-34)38-24-20-36(21-25-38)40-10-8-13-43(32-40)55-46-15-7-6-14-44(46)53-45-29-28-41(37-22-26-39(27-23-37)51-31-19-35(2)57-51)33-49(45)54(42-11-4-3-5-12-42)47-16-9-17-48(55)52(47)53/h3-33H,1-2H3. The lowest BCUT2D eigenvalue weighted by Crippen LogP contribution is -2.61. The summed E-state index contributed by atoms with van der Waals surface area (Å²) >= 11 is 0. The number of rotatable bonds is 6. The normalized spacial score (nSPS) is 12.6. The number of fused-ring (bicyclic) bond motifs is 4. The summed E-state index contributed by atoms with van der Waals surface area (Å²) in [5.41, 5.74) is 17.7. The minimum atomic E-state index is 0.0539. The van der Waals surface area contributed by atoms with Crippen LogP contribution in [0.15, 0.2) is 197 Å². The average Bonchev–Trinajstić information content (AvgIpc) is 3.91. The number of anilines is 6. The van der Waals surface area contributed by atoms with E-state index in [2.05, 4.69) is 174 Å². The third-order valence-electron chi connectivity index (χ3n) is 11.5. The highest BCUT2D eigenvalue weighted by molar-refractivity contribution is 7.00. The molecule has 0 amide bonds. The van der Waals surface area contributed by atoms with E-state index in [1.54, 1.807) is 0 Å². The van der Waals surface area contributed by atoms with Crippen LogP contribution in [-0.4, -0.2) is 6.71 Å². The van der Waals surface area contributed by atoms with Crippen molar-refractivity contribution in [3.63, 3.8) is 0 Å². The molecule has 7 aromatic carbocycles. The van der Waals surface area contributed by atoms with E-state index < -0.39 is 0 Å². The summed E-state index contributed by atoms with van der Waals surface area (Å²) in [7, 11) is 0. The van der Waals surface area contributed by atoms with Gasteiger partial charge >= 0.3 is 0 Å². The lowest BCUT2D eigenvalue weighted by atomic mass is 9.33. The van der Waals surface area contributed by atoms with Gasteiger partial charge in [0.25, 0.3) is 6.71 Å². The third kappa shape index (κ3) is 5.54. The Bertz CT molecular complexity index is 2920. The molecule has 0 N–H and O–H groups in total. The van der Waals surface area contributed by atoms with E-state index in [1.165, 1.54) is 44.7 Å². The maximum absolute atomic E-state index is 5.92. The molecule has 2 aromatic heterocycles. The predicted octanol–water partition coefficient (Wildman–Crippen LogP) is 12.2. The van der Waals surface area contributed by atoms with Gasteiger partial charge in [-0.1, -0.05) is 115 Å². The van der Waals surface area contributed by atoms with Crippen molar-refractivity contribution in [2.24, 2.45) is 0 Å². The summed E-state index contributed by atoms with van der Waals surface area (Å²) in [6, 6.07) is 67.9. The Morgan fingerprint density at radius 1 is 0.351 bits per heavy atom. The molecule has 5 heteroatoms. The Hall–Kier alpha value is -7.24. The average molecular weight is 733 g/mol. The summed E-state index contributed by atoms with van der Waals surface area (Å²) < 4.78 is 11.8. The number of para-hydroxylation sites is 2. The van der Waals surface area contributed by atoms with Gasteiger partial charge in [0, 0.05) is 45.3 Å². The van der Waals surface area contributed by atoms with Crippen LogP contribution in [0.5, 0.6) is 0 Å². The first-order valence-corrected chi connectivity index (χ1v) is 19.5. The molecule has 0 spiro atoms. The molecule has 11 rings (SSSR count). The van der Waals surface area contributed by atoms with Crippen molar-refractivity contribution < 1.29 is 8.83 Å². The van der Waals surface area contributed by atoms with Gasteiger partial charge in [0.2, 0.25) is 0 Å². The lowest BCUT2D eigenvalue weighted by Gasteiger charge is -2.44. The number of hydrogen-bond acceptors (Lipinski definition) is 4. The van der Waals surface area contributed by atoms with Crippen LogP contribution < -0.4 is 26.2 Å². The van der Waals surface area contributed by atoms with E-state index in [9.17, 15) is 0 Å². The van der Waals surface area contributed by atoms with Gasteiger partial charge in [-0.25, -0.2) is 0 Å². The van der Waals surface area contributed by atoms with Crippen molar-refractivity contribution in [2.75, 3.05) is 9.80 Å². The molecule has 2 aliphatic rings. The fourth-order valence-electron chi connectivity index (χ4n) is 8.85. The van der Waals surface area contributed by atoms with Crippen LogP contribution >= 0.6 is 0 Å². The highest BCUT2D eigenvalue weighted by Crippen LogP contribution is 2.45. The molecule has 0 saturated heterocycles.